The summed E-state index contributed by atoms with van der Waals surface area (Å²) in [5, 5.41) is 3.29. The van der Waals surface area contributed by atoms with Crippen LogP contribution in [-0.4, -0.2) is 47.7 Å². The van der Waals surface area contributed by atoms with Crippen LogP contribution in [0.5, 0.6) is 5.75 Å². The van der Waals surface area contributed by atoms with E-state index in [4.69, 9.17) is 9.47 Å². The second-order valence-corrected chi connectivity index (χ2v) is 7.24. The van der Waals surface area contributed by atoms with Gasteiger partial charge in [0.1, 0.15) is 11.6 Å². The zero-order valence-corrected chi connectivity index (χ0v) is 16.3. The average Bonchev–Trinajstić information content (AvgIpc) is 2.75. The van der Waals surface area contributed by atoms with E-state index in [0.29, 0.717) is 31.1 Å². The molecule has 1 saturated carbocycles. The second kappa shape index (κ2) is 8.61. The van der Waals surface area contributed by atoms with Gasteiger partial charge < -0.3 is 19.7 Å². The van der Waals surface area contributed by atoms with Crippen molar-refractivity contribution in [2.75, 3.05) is 25.1 Å². The monoisotopic (exact) mass is 381 g/mol. The van der Waals surface area contributed by atoms with E-state index >= 15 is 0 Å². The number of fused-ring (bicyclic) bond motifs is 1. The molecule has 1 aliphatic carbocycles. The molecule has 2 fully saturated rings. The lowest BCUT2D eigenvalue weighted by Gasteiger charge is -2.43. The number of nitrogens with one attached hydrogen (secondary N) is 1. The number of hydrogen-bond acceptors (Lipinski definition) is 5. The van der Waals surface area contributed by atoms with E-state index in [1.807, 2.05) is 48.2 Å². The van der Waals surface area contributed by atoms with Gasteiger partial charge in [0.2, 0.25) is 0 Å². The molecule has 1 amide bonds. The van der Waals surface area contributed by atoms with Crippen molar-refractivity contribution in [3.8, 4) is 5.75 Å². The van der Waals surface area contributed by atoms with Crippen LogP contribution in [0.2, 0.25) is 0 Å². The quantitative estimate of drug-likeness (QED) is 0.848. The third-order valence-corrected chi connectivity index (χ3v) is 5.46. The van der Waals surface area contributed by atoms with Gasteiger partial charge in [0.05, 0.1) is 30.9 Å². The Morgan fingerprint density at radius 2 is 2.07 bits per heavy atom. The Morgan fingerprint density at radius 3 is 2.89 bits per heavy atom. The highest BCUT2D eigenvalue weighted by molar-refractivity contribution is 5.99. The highest BCUT2D eigenvalue weighted by Gasteiger charge is 2.37. The van der Waals surface area contributed by atoms with Crippen LogP contribution in [0.1, 0.15) is 43.0 Å². The van der Waals surface area contributed by atoms with E-state index in [9.17, 15) is 4.79 Å². The van der Waals surface area contributed by atoms with E-state index in [-0.39, 0.29) is 18.1 Å². The molecule has 148 valence electrons. The Kier molecular flexibility index (Phi) is 5.76. The number of carbonyl (C=O) groups is 1. The summed E-state index contributed by atoms with van der Waals surface area (Å²) in [6, 6.07) is 11.5. The highest BCUT2D eigenvalue weighted by atomic mass is 16.5. The van der Waals surface area contributed by atoms with Gasteiger partial charge in [0.25, 0.3) is 5.91 Å². The van der Waals surface area contributed by atoms with E-state index in [2.05, 4.69) is 10.3 Å². The highest BCUT2D eigenvalue weighted by Crippen LogP contribution is 2.31. The number of ether oxygens (including phenoxy) is 2. The van der Waals surface area contributed by atoms with Gasteiger partial charge in [-0.25, -0.2) is 4.98 Å². The fourth-order valence-electron chi connectivity index (χ4n) is 4.12. The van der Waals surface area contributed by atoms with Crippen molar-refractivity contribution in [2.24, 2.45) is 0 Å². The third kappa shape index (κ3) is 3.97. The first-order chi connectivity index (χ1) is 13.8. The lowest BCUT2D eigenvalue weighted by atomic mass is 9.89. The summed E-state index contributed by atoms with van der Waals surface area (Å²) in [7, 11) is 0. The summed E-state index contributed by atoms with van der Waals surface area (Å²) in [4.78, 5) is 19.8. The Balaban J connectivity index is 1.54. The average molecular weight is 381 g/mol. The molecule has 0 unspecified atom stereocenters. The minimum atomic E-state index is 0.0294. The van der Waals surface area contributed by atoms with E-state index < -0.39 is 0 Å². The van der Waals surface area contributed by atoms with Crippen molar-refractivity contribution in [3.63, 3.8) is 0 Å². The number of amides is 1. The van der Waals surface area contributed by atoms with Gasteiger partial charge >= 0.3 is 0 Å². The standard InChI is InChI=1S/C22H27N3O3/c1-2-27-17-11-9-16(10-12-17)24-21-18(6-5-13-23-21)22(26)25-14-15-28-20-8-4-3-7-19(20)25/h5-6,9-13,19-20H,2-4,7-8,14-15H2,1H3,(H,23,24)/t19-,20-/m1/s1. The Bertz CT molecular complexity index is 807. The van der Waals surface area contributed by atoms with Crippen LogP contribution in [0, 0.1) is 0 Å². The van der Waals surface area contributed by atoms with Crippen LogP contribution in [0.4, 0.5) is 11.5 Å². The van der Waals surface area contributed by atoms with Crippen LogP contribution < -0.4 is 10.1 Å². The van der Waals surface area contributed by atoms with Gasteiger partial charge in [0, 0.05) is 18.4 Å². The first-order valence-electron chi connectivity index (χ1n) is 10.1. The largest absolute Gasteiger partial charge is 0.494 e. The predicted octanol–water partition coefficient (Wildman–Crippen LogP) is 4.01. The summed E-state index contributed by atoms with van der Waals surface area (Å²) >= 11 is 0. The predicted molar refractivity (Wildman–Crippen MR) is 108 cm³/mol. The molecule has 2 atom stereocenters. The molecular formula is C22H27N3O3. The van der Waals surface area contributed by atoms with Gasteiger partial charge in [-0.1, -0.05) is 12.8 Å². The van der Waals surface area contributed by atoms with Crippen molar-refractivity contribution in [1.29, 1.82) is 0 Å². The zero-order chi connectivity index (χ0) is 19.3. The minimum absolute atomic E-state index is 0.0294. The maximum Gasteiger partial charge on any atom is 0.258 e. The summed E-state index contributed by atoms with van der Waals surface area (Å²) in [6.07, 6.45) is 6.26. The number of nitrogens with zero attached hydrogens (tertiary/aromatic N) is 2. The van der Waals surface area contributed by atoms with E-state index in [1.165, 1.54) is 6.42 Å². The molecule has 0 spiro atoms. The van der Waals surface area contributed by atoms with Crippen LogP contribution >= 0.6 is 0 Å². The lowest BCUT2D eigenvalue weighted by molar-refractivity contribution is -0.0752. The molecule has 1 saturated heterocycles. The topological polar surface area (TPSA) is 63.7 Å². The zero-order valence-electron chi connectivity index (χ0n) is 16.3. The number of rotatable bonds is 5. The number of pyridine rings is 1. The SMILES string of the molecule is CCOc1ccc(Nc2ncccc2C(=O)N2CCO[C@@H]3CCCC[C@H]32)cc1. The second-order valence-electron chi connectivity index (χ2n) is 7.24. The molecule has 6 nitrogen and oxygen atoms in total. The fourth-order valence-corrected chi connectivity index (χ4v) is 4.12. The first kappa shape index (κ1) is 18.7. The van der Waals surface area contributed by atoms with E-state index in [0.717, 1.165) is 30.7 Å². The summed E-state index contributed by atoms with van der Waals surface area (Å²) in [6.45, 7) is 3.83. The number of hydrogen-bond donors (Lipinski definition) is 1. The van der Waals surface area contributed by atoms with Crippen molar-refractivity contribution < 1.29 is 14.3 Å². The lowest BCUT2D eigenvalue weighted by Crippen LogP contribution is -2.54. The van der Waals surface area contributed by atoms with Crippen LogP contribution in [0.15, 0.2) is 42.6 Å². The third-order valence-electron chi connectivity index (χ3n) is 5.46. The molecule has 28 heavy (non-hydrogen) atoms. The van der Waals surface area contributed by atoms with Crippen molar-refractivity contribution >= 4 is 17.4 Å². The molecule has 2 aliphatic rings. The molecule has 0 bridgehead atoms. The number of anilines is 2. The van der Waals surface area contributed by atoms with Gasteiger partial charge in [-0.15, -0.1) is 0 Å². The molecule has 6 heteroatoms. The maximum atomic E-state index is 13.4. The normalized spacial score (nSPS) is 21.7. The maximum absolute atomic E-state index is 13.4. The number of carbonyl (C=O) groups excluding carboxylic acids is 1. The van der Waals surface area contributed by atoms with Crippen LogP contribution in [-0.2, 0) is 4.74 Å². The van der Waals surface area contributed by atoms with Crippen molar-refractivity contribution in [2.45, 2.75) is 44.8 Å². The van der Waals surface area contributed by atoms with Crippen LogP contribution in [0.3, 0.4) is 0 Å². The Labute approximate surface area is 165 Å². The molecular weight excluding hydrogens is 354 g/mol. The summed E-state index contributed by atoms with van der Waals surface area (Å²) in [5.41, 5.74) is 1.47. The van der Waals surface area contributed by atoms with Crippen LogP contribution in [0.25, 0.3) is 0 Å². The van der Waals surface area contributed by atoms with Crippen molar-refractivity contribution in [1.82, 2.24) is 9.88 Å². The molecule has 1 N–H and O–H groups in total. The molecule has 4 rings (SSSR count). The van der Waals surface area contributed by atoms with E-state index in [1.54, 1.807) is 6.20 Å². The molecule has 1 aliphatic heterocycles. The van der Waals surface area contributed by atoms with Gasteiger partial charge in [0.15, 0.2) is 0 Å². The number of aromatic nitrogens is 1. The smallest absolute Gasteiger partial charge is 0.258 e. The minimum Gasteiger partial charge on any atom is -0.494 e. The Morgan fingerprint density at radius 1 is 1.25 bits per heavy atom. The van der Waals surface area contributed by atoms with Gasteiger partial charge in [-0.2, -0.15) is 0 Å². The molecule has 0 radical (unpaired) electrons. The molecule has 1 aromatic carbocycles. The first-order valence-corrected chi connectivity index (χ1v) is 10.1. The van der Waals surface area contributed by atoms with Gasteiger partial charge in [-0.3, -0.25) is 4.79 Å². The molecule has 2 heterocycles. The fraction of sp³-hybridized carbons (Fsp3) is 0.455. The molecule has 1 aromatic heterocycles. The molecule has 2 aromatic rings. The van der Waals surface area contributed by atoms with Gasteiger partial charge in [-0.05, 0) is 56.2 Å². The number of benzene rings is 1. The van der Waals surface area contributed by atoms with Crippen molar-refractivity contribution in [3.05, 3.63) is 48.2 Å². The number of morpholine rings is 1. The Hall–Kier alpha value is -2.60. The summed E-state index contributed by atoms with van der Waals surface area (Å²) in [5.74, 6) is 1.43. The summed E-state index contributed by atoms with van der Waals surface area (Å²) < 4.78 is 11.4.